The predicted octanol–water partition coefficient (Wildman–Crippen LogP) is 4.80. The molecule has 2 heterocycles. The Hall–Kier alpha value is -2.54. The van der Waals surface area contributed by atoms with Gasteiger partial charge in [0.2, 0.25) is 5.91 Å². The van der Waals surface area contributed by atoms with Crippen LogP contribution < -0.4 is 9.80 Å². The summed E-state index contributed by atoms with van der Waals surface area (Å²) in [5.41, 5.74) is 2.58. The molecule has 0 unspecified atom stereocenters. The van der Waals surface area contributed by atoms with Crippen molar-refractivity contribution in [2.24, 2.45) is 5.92 Å². The maximum absolute atomic E-state index is 12.9. The van der Waals surface area contributed by atoms with Gasteiger partial charge in [0.1, 0.15) is 0 Å². The van der Waals surface area contributed by atoms with E-state index in [4.69, 9.17) is 11.6 Å². The molecule has 1 N–H and O–H groups in total. The van der Waals surface area contributed by atoms with Crippen molar-refractivity contribution in [1.82, 2.24) is 9.78 Å². The molecule has 0 bridgehead atoms. The van der Waals surface area contributed by atoms with E-state index in [1.54, 1.807) is 23.2 Å². The van der Waals surface area contributed by atoms with E-state index in [-0.39, 0.29) is 24.4 Å². The van der Waals surface area contributed by atoms with Gasteiger partial charge in [-0.25, -0.2) is 4.79 Å². The number of carbonyl (C=O) groups is 2. The van der Waals surface area contributed by atoms with Crippen molar-refractivity contribution in [3.8, 4) is 11.1 Å². The highest BCUT2D eigenvalue weighted by atomic mass is 35.5. The molecular formula is C21H25ClN4O3. The summed E-state index contributed by atoms with van der Waals surface area (Å²) in [5.74, 6) is 0.183. The minimum atomic E-state index is -1.05. The molecule has 8 heteroatoms. The average molecular weight is 417 g/mol. The topological polar surface area (TPSA) is 78.7 Å². The van der Waals surface area contributed by atoms with Gasteiger partial charge in [0.05, 0.1) is 34.7 Å². The molecule has 1 aromatic heterocycles. The summed E-state index contributed by atoms with van der Waals surface area (Å²) in [6.45, 7) is 6.06. The lowest BCUT2D eigenvalue weighted by molar-refractivity contribution is -0.119. The fourth-order valence-electron chi connectivity index (χ4n) is 3.89. The van der Waals surface area contributed by atoms with Crippen LogP contribution in [0.15, 0.2) is 24.5 Å². The summed E-state index contributed by atoms with van der Waals surface area (Å²) in [6.07, 6.45) is 5.29. The van der Waals surface area contributed by atoms with Gasteiger partial charge in [0.25, 0.3) is 0 Å². The van der Waals surface area contributed by atoms with E-state index in [2.05, 4.69) is 5.10 Å². The standard InChI is InChI=1S/C21H25ClN4O3/c1-12(2)6-20(27)26-13(3)10-24(21(28)29)18-7-16(17(22)8-19(18)26)14-9-23-25(11-14)15-4-5-15/h7-9,11-13,15H,4-6,10H2,1-3H3,(H,28,29)/t13-/m0/s1. The normalized spacial score (nSPS) is 18.9. The molecule has 2 aromatic rings. The van der Waals surface area contributed by atoms with Crippen molar-refractivity contribution in [2.45, 2.75) is 52.1 Å². The molecule has 1 atom stereocenters. The predicted molar refractivity (Wildman–Crippen MR) is 113 cm³/mol. The van der Waals surface area contributed by atoms with Gasteiger partial charge in [-0.1, -0.05) is 25.4 Å². The Morgan fingerprint density at radius 1 is 1.28 bits per heavy atom. The lowest BCUT2D eigenvalue weighted by Crippen LogP contribution is -2.52. The third kappa shape index (κ3) is 3.71. The molecule has 1 fully saturated rings. The smallest absolute Gasteiger partial charge is 0.411 e. The van der Waals surface area contributed by atoms with Gasteiger partial charge in [-0.3, -0.25) is 14.4 Å². The fraction of sp³-hybridized carbons (Fsp3) is 0.476. The number of carbonyl (C=O) groups excluding carboxylic acids is 1. The molecule has 1 saturated carbocycles. The van der Waals surface area contributed by atoms with Crippen LogP contribution in [-0.2, 0) is 4.79 Å². The number of anilines is 2. The summed E-state index contributed by atoms with van der Waals surface area (Å²) in [4.78, 5) is 27.8. The van der Waals surface area contributed by atoms with Crippen LogP contribution in [0.3, 0.4) is 0 Å². The Balaban J connectivity index is 1.80. The highest BCUT2D eigenvalue weighted by Crippen LogP contribution is 2.43. The Morgan fingerprint density at radius 2 is 2.00 bits per heavy atom. The summed E-state index contributed by atoms with van der Waals surface area (Å²) >= 11 is 6.61. The average Bonchev–Trinajstić information content (AvgIpc) is 3.37. The molecule has 0 radical (unpaired) electrons. The van der Waals surface area contributed by atoms with E-state index in [0.29, 0.717) is 28.9 Å². The Kier molecular flexibility index (Phi) is 5.02. The quantitative estimate of drug-likeness (QED) is 0.776. The first-order valence-electron chi connectivity index (χ1n) is 9.96. The second-order valence-electron chi connectivity index (χ2n) is 8.36. The van der Waals surface area contributed by atoms with E-state index in [1.807, 2.05) is 31.6 Å². The number of hydrogen-bond acceptors (Lipinski definition) is 3. The highest BCUT2D eigenvalue weighted by molar-refractivity contribution is 6.34. The maximum Gasteiger partial charge on any atom is 0.411 e. The zero-order valence-corrected chi connectivity index (χ0v) is 17.6. The molecule has 0 spiro atoms. The number of halogens is 1. The number of fused-ring (bicyclic) bond motifs is 1. The first-order chi connectivity index (χ1) is 13.8. The van der Waals surface area contributed by atoms with Crippen molar-refractivity contribution >= 4 is 35.0 Å². The van der Waals surface area contributed by atoms with Crippen molar-refractivity contribution in [2.75, 3.05) is 16.3 Å². The summed E-state index contributed by atoms with van der Waals surface area (Å²) in [6, 6.07) is 3.65. The van der Waals surface area contributed by atoms with Crippen molar-refractivity contribution in [3.63, 3.8) is 0 Å². The van der Waals surface area contributed by atoms with Crippen LogP contribution in [-0.4, -0.2) is 39.5 Å². The molecule has 0 saturated heterocycles. The number of benzene rings is 1. The third-order valence-corrected chi connectivity index (χ3v) is 5.73. The van der Waals surface area contributed by atoms with Gasteiger partial charge >= 0.3 is 6.09 Å². The molecule has 29 heavy (non-hydrogen) atoms. The molecule has 154 valence electrons. The van der Waals surface area contributed by atoms with Crippen molar-refractivity contribution in [1.29, 1.82) is 0 Å². The van der Waals surface area contributed by atoms with Crippen LogP contribution in [0.1, 0.15) is 46.1 Å². The van der Waals surface area contributed by atoms with E-state index in [9.17, 15) is 14.7 Å². The molecule has 1 aliphatic carbocycles. The zero-order valence-electron chi connectivity index (χ0n) is 16.8. The van der Waals surface area contributed by atoms with Crippen LogP contribution in [0.2, 0.25) is 5.02 Å². The molecular weight excluding hydrogens is 392 g/mol. The first kappa shape index (κ1) is 19.8. The van der Waals surface area contributed by atoms with E-state index < -0.39 is 6.09 Å². The lowest BCUT2D eigenvalue weighted by atomic mass is 10.0. The van der Waals surface area contributed by atoms with Gasteiger partial charge < -0.3 is 10.0 Å². The highest BCUT2D eigenvalue weighted by Gasteiger charge is 2.36. The van der Waals surface area contributed by atoms with Crippen molar-refractivity contribution in [3.05, 3.63) is 29.5 Å². The monoisotopic (exact) mass is 416 g/mol. The van der Waals surface area contributed by atoms with Crippen LogP contribution in [0.4, 0.5) is 16.2 Å². The Labute approximate surface area is 174 Å². The van der Waals surface area contributed by atoms with Gasteiger partial charge in [0, 0.05) is 30.3 Å². The number of nitrogens with zero attached hydrogens (tertiary/aromatic N) is 4. The van der Waals surface area contributed by atoms with E-state index in [0.717, 1.165) is 24.0 Å². The SMILES string of the molecule is CC(C)CC(=O)N1c2cc(Cl)c(-c3cnn(C4CC4)c3)cc2N(C(=O)O)C[C@@H]1C. The van der Waals surface area contributed by atoms with E-state index >= 15 is 0 Å². The van der Waals surface area contributed by atoms with Gasteiger partial charge in [-0.2, -0.15) is 5.10 Å². The number of amides is 2. The molecule has 1 aliphatic heterocycles. The number of hydrogen-bond donors (Lipinski definition) is 1. The van der Waals surface area contributed by atoms with Crippen LogP contribution in [0.25, 0.3) is 11.1 Å². The summed E-state index contributed by atoms with van der Waals surface area (Å²) in [7, 11) is 0. The minimum Gasteiger partial charge on any atom is -0.465 e. The van der Waals surface area contributed by atoms with Gasteiger partial charge in [0.15, 0.2) is 0 Å². The molecule has 7 nitrogen and oxygen atoms in total. The summed E-state index contributed by atoms with van der Waals surface area (Å²) in [5, 5.41) is 14.6. The van der Waals surface area contributed by atoms with Crippen molar-refractivity contribution < 1.29 is 14.7 Å². The fourth-order valence-corrected chi connectivity index (χ4v) is 4.16. The van der Waals surface area contributed by atoms with E-state index in [1.165, 1.54) is 4.90 Å². The molecule has 1 aromatic carbocycles. The second kappa shape index (κ2) is 7.37. The lowest BCUT2D eigenvalue weighted by Gasteiger charge is -2.40. The first-order valence-corrected chi connectivity index (χ1v) is 10.3. The number of rotatable bonds is 4. The Bertz CT molecular complexity index is 967. The van der Waals surface area contributed by atoms with Crippen LogP contribution >= 0.6 is 11.6 Å². The maximum atomic E-state index is 12.9. The minimum absolute atomic E-state index is 0.0239. The van der Waals surface area contributed by atoms with Crippen LogP contribution in [0, 0.1) is 5.92 Å². The molecule has 2 aliphatic rings. The second-order valence-corrected chi connectivity index (χ2v) is 8.77. The van der Waals surface area contributed by atoms with Gasteiger partial charge in [-0.15, -0.1) is 0 Å². The molecule has 4 rings (SSSR count). The zero-order chi connectivity index (χ0) is 20.9. The Morgan fingerprint density at radius 3 is 2.62 bits per heavy atom. The molecule has 2 amide bonds. The number of aromatic nitrogens is 2. The number of carboxylic acid groups (broad SMARTS) is 1. The summed E-state index contributed by atoms with van der Waals surface area (Å²) < 4.78 is 1.93. The van der Waals surface area contributed by atoms with Crippen LogP contribution in [0.5, 0.6) is 0 Å². The third-order valence-electron chi connectivity index (χ3n) is 5.42. The largest absolute Gasteiger partial charge is 0.465 e. The van der Waals surface area contributed by atoms with Gasteiger partial charge in [-0.05, 0) is 37.8 Å².